The van der Waals surface area contributed by atoms with Gasteiger partial charge in [0.25, 0.3) is 11.6 Å². The predicted molar refractivity (Wildman–Crippen MR) is 98.5 cm³/mol. The molecule has 0 spiro atoms. The Balaban J connectivity index is 1.77. The first-order valence-electron chi connectivity index (χ1n) is 8.50. The number of carbonyl (C=O) groups excluding carboxylic acids is 1. The van der Waals surface area contributed by atoms with E-state index in [-0.39, 0.29) is 11.3 Å². The molecule has 1 saturated heterocycles. The van der Waals surface area contributed by atoms with Crippen molar-refractivity contribution in [2.75, 3.05) is 31.2 Å². The van der Waals surface area contributed by atoms with E-state index in [4.69, 9.17) is 4.74 Å². The summed E-state index contributed by atoms with van der Waals surface area (Å²) in [6.07, 6.45) is 0. The second-order valence-electron chi connectivity index (χ2n) is 6.14. The number of nitrogens with zero attached hydrogens (tertiary/aromatic N) is 2. The number of rotatable bonds is 5. The number of para-hydroxylation sites is 2. The first kappa shape index (κ1) is 17.9. The monoisotopic (exact) mass is 355 g/mol. The SMILES string of the molecule is Cc1cccc(C(=O)NCc2ccccc2N2CCOCC2)c1[N+](=O)[O-]. The Morgan fingerprint density at radius 3 is 2.65 bits per heavy atom. The van der Waals surface area contributed by atoms with E-state index in [1.54, 1.807) is 19.1 Å². The highest BCUT2D eigenvalue weighted by atomic mass is 16.6. The van der Waals surface area contributed by atoms with Crippen LogP contribution in [0.25, 0.3) is 0 Å². The Hall–Kier alpha value is -2.93. The first-order chi connectivity index (χ1) is 12.6. The van der Waals surface area contributed by atoms with Crippen molar-refractivity contribution in [2.45, 2.75) is 13.5 Å². The third-order valence-corrected chi connectivity index (χ3v) is 4.45. The summed E-state index contributed by atoms with van der Waals surface area (Å²) in [5.74, 6) is -0.447. The van der Waals surface area contributed by atoms with Gasteiger partial charge in [0.15, 0.2) is 0 Å². The molecule has 1 heterocycles. The van der Waals surface area contributed by atoms with Gasteiger partial charge in [0.2, 0.25) is 0 Å². The molecular weight excluding hydrogens is 334 g/mol. The topological polar surface area (TPSA) is 84.7 Å². The standard InChI is InChI=1S/C19H21N3O4/c1-14-5-4-7-16(18(14)22(24)25)19(23)20-13-15-6-2-3-8-17(15)21-9-11-26-12-10-21/h2-8H,9-13H2,1H3,(H,20,23). The van der Waals surface area contributed by atoms with Crippen LogP contribution in [-0.2, 0) is 11.3 Å². The molecule has 1 N–H and O–H groups in total. The van der Waals surface area contributed by atoms with Gasteiger partial charge in [-0.25, -0.2) is 0 Å². The van der Waals surface area contributed by atoms with Gasteiger partial charge in [0.05, 0.1) is 18.1 Å². The molecule has 0 radical (unpaired) electrons. The minimum Gasteiger partial charge on any atom is -0.378 e. The summed E-state index contributed by atoms with van der Waals surface area (Å²) < 4.78 is 5.39. The maximum atomic E-state index is 12.5. The van der Waals surface area contributed by atoms with Crippen LogP contribution in [0.5, 0.6) is 0 Å². The van der Waals surface area contributed by atoms with Gasteiger partial charge in [-0.1, -0.05) is 30.3 Å². The van der Waals surface area contributed by atoms with E-state index in [1.807, 2.05) is 24.3 Å². The van der Waals surface area contributed by atoms with E-state index in [0.29, 0.717) is 25.3 Å². The molecule has 0 bridgehead atoms. The Bertz CT molecular complexity index is 816. The summed E-state index contributed by atoms with van der Waals surface area (Å²) in [6, 6.07) is 12.6. The van der Waals surface area contributed by atoms with Crippen molar-refractivity contribution in [3.63, 3.8) is 0 Å². The molecule has 0 aliphatic carbocycles. The third kappa shape index (κ3) is 3.83. The zero-order chi connectivity index (χ0) is 18.5. The fourth-order valence-corrected chi connectivity index (χ4v) is 3.13. The summed E-state index contributed by atoms with van der Waals surface area (Å²) in [4.78, 5) is 25.5. The highest BCUT2D eigenvalue weighted by Gasteiger charge is 2.22. The second kappa shape index (κ2) is 7.97. The molecule has 1 aliphatic rings. The van der Waals surface area contributed by atoms with E-state index in [9.17, 15) is 14.9 Å². The van der Waals surface area contributed by atoms with Crippen molar-refractivity contribution in [1.29, 1.82) is 0 Å². The lowest BCUT2D eigenvalue weighted by molar-refractivity contribution is -0.385. The molecule has 1 fully saturated rings. The molecule has 0 atom stereocenters. The molecule has 0 saturated carbocycles. The lowest BCUT2D eigenvalue weighted by Crippen LogP contribution is -2.37. The summed E-state index contributed by atoms with van der Waals surface area (Å²) in [5, 5.41) is 14.1. The second-order valence-corrected chi connectivity index (χ2v) is 6.14. The number of amides is 1. The van der Waals surface area contributed by atoms with Crippen molar-refractivity contribution in [3.05, 3.63) is 69.3 Å². The van der Waals surface area contributed by atoms with Gasteiger partial charge in [-0.3, -0.25) is 14.9 Å². The van der Waals surface area contributed by atoms with Gasteiger partial charge in [0.1, 0.15) is 5.56 Å². The predicted octanol–water partition coefficient (Wildman–Crippen LogP) is 2.67. The minimum atomic E-state index is -0.508. The number of ether oxygens (including phenoxy) is 1. The summed E-state index contributed by atoms with van der Waals surface area (Å²) in [7, 11) is 0. The van der Waals surface area contributed by atoms with Gasteiger partial charge in [-0.05, 0) is 24.6 Å². The van der Waals surface area contributed by atoms with Gasteiger partial charge in [0, 0.05) is 30.9 Å². The normalized spacial score (nSPS) is 14.1. The van der Waals surface area contributed by atoms with E-state index in [0.717, 1.165) is 24.3 Å². The highest BCUT2D eigenvalue weighted by Crippen LogP contribution is 2.24. The molecule has 3 rings (SSSR count). The summed E-state index contributed by atoms with van der Waals surface area (Å²) in [5.41, 5.74) is 2.43. The van der Waals surface area contributed by atoms with E-state index < -0.39 is 10.8 Å². The number of morpholine rings is 1. The van der Waals surface area contributed by atoms with Crippen LogP contribution in [0.1, 0.15) is 21.5 Å². The molecule has 7 nitrogen and oxygen atoms in total. The summed E-state index contributed by atoms with van der Waals surface area (Å²) >= 11 is 0. The molecule has 2 aromatic rings. The molecule has 1 aliphatic heterocycles. The van der Waals surface area contributed by atoms with Crippen molar-refractivity contribution < 1.29 is 14.5 Å². The largest absolute Gasteiger partial charge is 0.378 e. The maximum absolute atomic E-state index is 12.5. The Morgan fingerprint density at radius 1 is 1.19 bits per heavy atom. The average Bonchev–Trinajstić information content (AvgIpc) is 2.66. The van der Waals surface area contributed by atoms with Crippen LogP contribution in [0.15, 0.2) is 42.5 Å². The van der Waals surface area contributed by atoms with Crippen molar-refractivity contribution in [3.8, 4) is 0 Å². The summed E-state index contributed by atoms with van der Waals surface area (Å²) in [6.45, 7) is 4.88. The van der Waals surface area contributed by atoms with E-state index in [1.165, 1.54) is 6.07 Å². The number of benzene rings is 2. The van der Waals surface area contributed by atoms with Crippen LogP contribution in [0.4, 0.5) is 11.4 Å². The fraction of sp³-hybridized carbons (Fsp3) is 0.316. The quantitative estimate of drug-likeness (QED) is 0.658. The zero-order valence-electron chi connectivity index (χ0n) is 14.6. The number of aryl methyl sites for hydroxylation is 1. The molecule has 0 aromatic heterocycles. The lowest BCUT2D eigenvalue weighted by atomic mass is 10.1. The van der Waals surface area contributed by atoms with E-state index >= 15 is 0 Å². The molecule has 1 amide bonds. The number of anilines is 1. The van der Waals surface area contributed by atoms with Crippen LogP contribution in [0, 0.1) is 17.0 Å². The molecular formula is C19H21N3O4. The van der Waals surface area contributed by atoms with Crippen molar-refractivity contribution >= 4 is 17.3 Å². The number of nitro groups is 1. The Kier molecular flexibility index (Phi) is 5.48. The molecule has 0 unspecified atom stereocenters. The molecule has 26 heavy (non-hydrogen) atoms. The minimum absolute atomic E-state index is 0.0823. The first-order valence-corrected chi connectivity index (χ1v) is 8.50. The number of hydrogen-bond acceptors (Lipinski definition) is 5. The number of nitrogens with one attached hydrogen (secondary N) is 1. The number of carbonyl (C=O) groups is 1. The van der Waals surface area contributed by atoms with Gasteiger partial charge in [-0.15, -0.1) is 0 Å². The van der Waals surface area contributed by atoms with Crippen LogP contribution in [-0.4, -0.2) is 37.1 Å². The van der Waals surface area contributed by atoms with Crippen LogP contribution >= 0.6 is 0 Å². The third-order valence-electron chi connectivity index (χ3n) is 4.45. The molecule has 136 valence electrons. The lowest BCUT2D eigenvalue weighted by Gasteiger charge is -2.30. The van der Waals surface area contributed by atoms with Gasteiger partial charge >= 0.3 is 0 Å². The van der Waals surface area contributed by atoms with Crippen LogP contribution in [0.2, 0.25) is 0 Å². The van der Waals surface area contributed by atoms with Crippen molar-refractivity contribution in [1.82, 2.24) is 5.32 Å². The number of nitro benzene ring substituents is 1. The van der Waals surface area contributed by atoms with E-state index in [2.05, 4.69) is 10.2 Å². The van der Waals surface area contributed by atoms with Crippen LogP contribution in [0.3, 0.4) is 0 Å². The molecule has 7 heteroatoms. The average molecular weight is 355 g/mol. The molecule has 2 aromatic carbocycles. The van der Waals surface area contributed by atoms with Crippen LogP contribution < -0.4 is 10.2 Å². The van der Waals surface area contributed by atoms with Gasteiger partial charge < -0.3 is 15.0 Å². The number of hydrogen-bond donors (Lipinski definition) is 1. The maximum Gasteiger partial charge on any atom is 0.285 e. The zero-order valence-corrected chi connectivity index (χ0v) is 14.6. The fourth-order valence-electron chi connectivity index (χ4n) is 3.13. The van der Waals surface area contributed by atoms with Gasteiger partial charge in [-0.2, -0.15) is 0 Å². The Morgan fingerprint density at radius 2 is 1.92 bits per heavy atom. The van der Waals surface area contributed by atoms with Crippen molar-refractivity contribution in [2.24, 2.45) is 0 Å². The Labute approximate surface area is 151 Å². The smallest absolute Gasteiger partial charge is 0.285 e. The highest BCUT2D eigenvalue weighted by molar-refractivity contribution is 5.98.